The molecule has 28 heavy (non-hydrogen) atoms. The second-order valence-electron chi connectivity index (χ2n) is 6.19. The van der Waals surface area contributed by atoms with Crippen LogP contribution in [0.15, 0.2) is 38.6 Å². The van der Waals surface area contributed by atoms with E-state index in [4.69, 9.17) is 9.47 Å². The number of nitrogens with zero attached hydrogens (tertiary/aromatic N) is 3. The Bertz CT molecular complexity index is 1170. The molecule has 3 rings (SSSR count). The Hall–Kier alpha value is -3.04. The van der Waals surface area contributed by atoms with Crippen LogP contribution in [0.2, 0.25) is 0 Å². The highest BCUT2D eigenvalue weighted by molar-refractivity contribution is 5.89. The molecule has 0 saturated heterocycles. The number of fused-ring (bicyclic) bond motifs is 1. The van der Waals surface area contributed by atoms with Crippen molar-refractivity contribution < 1.29 is 9.47 Å². The molecule has 1 N–H and O–H groups in total. The summed E-state index contributed by atoms with van der Waals surface area (Å²) in [6.45, 7) is 4.76. The molecule has 148 valence electrons. The highest BCUT2D eigenvalue weighted by atomic mass is 16.7. The number of rotatable bonds is 6. The largest absolute Gasteiger partial charge is 0.349 e. The van der Waals surface area contributed by atoms with Crippen molar-refractivity contribution in [2.24, 2.45) is 14.1 Å². The summed E-state index contributed by atoms with van der Waals surface area (Å²) >= 11 is 0. The minimum Gasteiger partial charge on any atom is -0.349 e. The van der Waals surface area contributed by atoms with Gasteiger partial charge in [-0.15, -0.1) is 0 Å². The molecule has 3 aromatic rings. The Balaban J connectivity index is 2.20. The van der Waals surface area contributed by atoms with E-state index in [0.717, 1.165) is 10.1 Å². The van der Waals surface area contributed by atoms with Crippen LogP contribution in [0.4, 0.5) is 0 Å². The van der Waals surface area contributed by atoms with E-state index >= 15 is 0 Å². The van der Waals surface area contributed by atoms with E-state index in [0.29, 0.717) is 24.5 Å². The summed E-state index contributed by atoms with van der Waals surface area (Å²) in [5.41, 5.74) is 0.0516. The fourth-order valence-electron chi connectivity index (χ4n) is 3.04. The highest BCUT2D eigenvalue weighted by Gasteiger charge is 2.17. The van der Waals surface area contributed by atoms with Crippen LogP contribution in [0, 0.1) is 0 Å². The van der Waals surface area contributed by atoms with Crippen LogP contribution in [0.5, 0.6) is 0 Å². The van der Waals surface area contributed by atoms with E-state index in [2.05, 4.69) is 9.97 Å². The maximum absolute atomic E-state index is 12.7. The second-order valence-corrected chi connectivity index (χ2v) is 6.19. The first-order valence-corrected chi connectivity index (χ1v) is 8.92. The molecule has 1 aromatic carbocycles. The molecule has 0 radical (unpaired) electrons. The first-order chi connectivity index (χ1) is 13.4. The minimum absolute atomic E-state index is 0.0393. The first kappa shape index (κ1) is 19.7. The monoisotopic (exact) mass is 386 g/mol. The van der Waals surface area contributed by atoms with Gasteiger partial charge < -0.3 is 14.5 Å². The molecule has 0 atom stereocenters. The molecule has 0 unspecified atom stereocenters. The van der Waals surface area contributed by atoms with Crippen LogP contribution in [0.25, 0.3) is 22.3 Å². The number of H-pyrrole nitrogens is 1. The number of aromatic nitrogens is 4. The predicted octanol–water partition coefficient (Wildman–Crippen LogP) is 1.06. The molecule has 2 aromatic heterocycles. The van der Waals surface area contributed by atoms with Crippen molar-refractivity contribution in [1.82, 2.24) is 19.1 Å². The van der Waals surface area contributed by atoms with Gasteiger partial charge >= 0.3 is 11.4 Å². The Morgan fingerprint density at radius 2 is 1.61 bits per heavy atom. The summed E-state index contributed by atoms with van der Waals surface area (Å²) in [5.74, 6) is 0. The van der Waals surface area contributed by atoms with Crippen molar-refractivity contribution in [3.63, 3.8) is 0 Å². The Labute approximate surface area is 160 Å². The molecule has 0 aliphatic rings. The molecule has 2 heterocycles. The van der Waals surface area contributed by atoms with Gasteiger partial charge in [0.05, 0.1) is 5.69 Å². The van der Waals surface area contributed by atoms with Gasteiger partial charge in [-0.25, -0.2) is 9.59 Å². The van der Waals surface area contributed by atoms with E-state index in [1.165, 1.54) is 18.7 Å². The molecular formula is C19H22N4O5. The van der Waals surface area contributed by atoms with Gasteiger partial charge in [0, 0.05) is 32.9 Å². The quantitative estimate of drug-likeness (QED) is 0.635. The number of hydrogen-bond donors (Lipinski definition) is 1. The fraction of sp³-hybridized carbons (Fsp3) is 0.368. The molecule has 0 fully saturated rings. The van der Waals surface area contributed by atoms with E-state index in [9.17, 15) is 14.4 Å². The summed E-state index contributed by atoms with van der Waals surface area (Å²) in [4.78, 5) is 43.3. The van der Waals surface area contributed by atoms with Gasteiger partial charge in [0.25, 0.3) is 5.56 Å². The van der Waals surface area contributed by atoms with Gasteiger partial charge in [0.15, 0.2) is 11.9 Å². The molecule has 0 aliphatic carbocycles. The Kier molecular flexibility index (Phi) is 5.57. The smallest absolute Gasteiger partial charge is 0.347 e. The molecule has 0 bridgehead atoms. The molecule has 0 spiro atoms. The van der Waals surface area contributed by atoms with Gasteiger partial charge in [0.2, 0.25) is 0 Å². The van der Waals surface area contributed by atoms with Crippen LogP contribution in [-0.2, 0) is 23.6 Å². The van der Waals surface area contributed by atoms with Crippen molar-refractivity contribution in [3.8, 4) is 11.3 Å². The number of benzene rings is 1. The van der Waals surface area contributed by atoms with Crippen molar-refractivity contribution >= 4 is 11.0 Å². The van der Waals surface area contributed by atoms with E-state index in [-0.39, 0.29) is 11.0 Å². The van der Waals surface area contributed by atoms with E-state index in [1.807, 2.05) is 26.0 Å². The third-order valence-electron chi connectivity index (χ3n) is 4.43. The molecular weight excluding hydrogens is 364 g/mol. The normalized spacial score (nSPS) is 11.5. The van der Waals surface area contributed by atoms with Gasteiger partial charge in [-0.2, -0.15) is 4.98 Å². The Morgan fingerprint density at radius 3 is 2.18 bits per heavy atom. The van der Waals surface area contributed by atoms with Crippen LogP contribution >= 0.6 is 0 Å². The first-order valence-electron chi connectivity index (χ1n) is 8.92. The summed E-state index contributed by atoms with van der Waals surface area (Å²) in [5, 5.41) is 0.170. The van der Waals surface area contributed by atoms with Gasteiger partial charge in [-0.05, 0) is 19.4 Å². The van der Waals surface area contributed by atoms with Crippen LogP contribution in [0.3, 0.4) is 0 Å². The van der Waals surface area contributed by atoms with Crippen molar-refractivity contribution in [1.29, 1.82) is 0 Å². The SMILES string of the molecule is CCOC(OCC)c1ccc(-c2[nH]c(=O)nc3c2c(=O)n(C)c(=O)n3C)cc1. The standard InChI is InChI=1S/C19H22N4O5/c1-5-27-17(28-6-2)12-9-7-11(8-10-12)14-13-15(21-18(25)20-14)22(3)19(26)23(4)16(13)24/h7-10,17H,5-6H2,1-4H3,(H,20,21,25). The number of ether oxygens (including phenoxy) is 2. The predicted molar refractivity (Wildman–Crippen MR) is 104 cm³/mol. The average Bonchev–Trinajstić information content (AvgIpc) is 2.70. The van der Waals surface area contributed by atoms with Gasteiger partial charge in [-0.3, -0.25) is 13.9 Å². The average molecular weight is 386 g/mol. The third kappa shape index (κ3) is 3.41. The van der Waals surface area contributed by atoms with E-state index < -0.39 is 23.2 Å². The minimum atomic E-state index is -0.642. The summed E-state index contributed by atoms with van der Waals surface area (Å²) in [6, 6.07) is 7.13. The summed E-state index contributed by atoms with van der Waals surface area (Å²) in [7, 11) is 2.86. The van der Waals surface area contributed by atoms with Crippen LogP contribution in [-0.4, -0.2) is 32.3 Å². The van der Waals surface area contributed by atoms with Gasteiger partial charge in [-0.1, -0.05) is 24.3 Å². The van der Waals surface area contributed by atoms with Crippen molar-refractivity contribution in [2.45, 2.75) is 20.1 Å². The number of aromatic amines is 1. The maximum atomic E-state index is 12.7. The fourth-order valence-corrected chi connectivity index (χ4v) is 3.04. The zero-order valence-corrected chi connectivity index (χ0v) is 16.2. The molecule has 0 saturated carbocycles. The van der Waals surface area contributed by atoms with Crippen molar-refractivity contribution in [2.75, 3.05) is 13.2 Å². The van der Waals surface area contributed by atoms with Crippen molar-refractivity contribution in [3.05, 3.63) is 61.2 Å². The second kappa shape index (κ2) is 7.91. The van der Waals surface area contributed by atoms with E-state index in [1.54, 1.807) is 12.1 Å². The zero-order valence-electron chi connectivity index (χ0n) is 16.2. The lowest BCUT2D eigenvalue weighted by Gasteiger charge is -2.17. The topological polar surface area (TPSA) is 108 Å². The Morgan fingerprint density at radius 1 is 1.00 bits per heavy atom. The number of nitrogens with one attached hydrogen (secondary N) is 1. The lowest BCUT2D eigenvalue weighted by molar-refractivity contribution is -0.140. The number of hydrogen-bond acceptors (Lipinski definition) is 6. The molecule has 9 heteroatoms. The molecule has 9 nitrogen and oxygen atoms in total. The molecule has 0 amide bonds. The lowest BCUT2D eigenvalue weighted by Crippen LogP contribution is -2.38. The summed E-state index contributed by atoms with van der Waals surface area (Å²) in [6.07, 6.45) is -0.494. The highest BCUT2D eigenvalue weighted by Crippen LogP contribution is 2.25. The van der Waals surface area contributed by atoms with Crippen LogP contribution in [0.1, 0.15) is 25.7 Å². The summed E-state index contributed by atoms with van der Waals surface area (Å²) < 4.78 is 13.3. The van der Waals surface area contributed by atoms with Crippen LogP contribution < -0.4 is 16.9 Å². The zero-order chi connectivity index (χ0) is 20.4. The molecule has 0 aliphatic heterocycles. The maximum Gasteiger partial charge on any atom is 0.347 e. The number of aryl methyl sites for hydroxylation is 1. The lowest BCUT2D eigenvalue weighted by atomic mass is 10.1. The third-order valence-corrected chi connectivity index (χ3v) is 4.43. The van der Waals surface area contributed by atoms with Gasteiger partial charge in [0.1, 0.15) is 5.39 Å².